The number of carbonyl (C=O) groups excluding carboxylic acids is 1. The van der Waals surface area contributed by atoms with Crippen molar-refractivity contribution in [1.29, 1.82) is 0 Å². The normalized spacial score (nSPS) is 10.6. The number of carbonyl (C=O) groups is 1. The Morgan fingerprint density at radius 2 is 1.92 bits per heavy atom. The van der Waals surface area contributed by atoms with Gasteiger partial charge in [0.15, 0.2) is 5.82 Å². The van der Waals surface area contributed by atoms with E-state index in [0.717, 1.165) is 17.5 Å². The number of H-pyrrole nitrogens is 1. The lowest BCUT2D eigenvalue weighted by atomic mass is 10.1. The summed E-state index contributed by atoms with van der Waals surface area (Å²) in [6, 6.07) is 11.3. The fraction of sp³-hybridized carbons (Fsp3) is 0.176. The predicted octanol–water partition coefficient (Wildman–Crippen LogP) is 2.97. The van der Waals surface area contributed by atoms with Gasteiger partial charge in [-0.25, -0.2) is 4.98 Å². The maximum atomic E-state index is 11.9. The van der Waals surface area contributed by atoms with E-state index in [4.69, 9.17) is 11.6 Å². The summed E-state index contributed by atoms with van der Waals surface area (Å²) in [5.74, 6) is 0.885. The highest BCUT2D eigenvalue weighted by atomic mass is 35.5. The molecule has 2 aromatic heterocycles. The van der Waals surface area contributed by atoms with Crippen LogP contribution in [0.5, 0.6) is 0 Å². The lowest BCUT2D eigenvalue weighted by Crippen LogP contribution is -2.27. The van der Waals surface area contributed by atoms with Crippen molar-refractivity contribution in [2.75, 3.05) is 12.3 Å². The van der Waals surface area contributed by atoms with Crippen LogP contribution in [0.15, 0.2) is 53.9 Å². The average Bonchev–Trinajstić information content (AvgIpc) is 3.11. The van der Waals surface area contributed by atoms with Crippen molar-refractivity contribution in [3.05, 3.63) is 59.4 Å². The molecule has 2 N–H and O–H groups in total. The van der Waals surface area contributed by atoms with E-state index in [9.17, 15) is 4.79 Å². The second kappa shape index (κ2) is 8.64. The van der Waals surface area contributed by atoms with Crippen LogP contribution in [0.3, 0.4) is 0 Å². The Bertz CT molecular complexity index is 823. The predicted molar refractivity (Wildman–Crippen MR) is 98.5 cm³/mol. The van der Waals surface area contributed by atoms with Gasteiger partial charge in [0.05, 0.1) is 5.75 Å². The molecule has 0 unspecified atom stereocenters. The Balaban J connectivity index is 1.42. The highest BCUT2D eigenvalue weighted by molar-refractivity contribution is 7.99. The number of benzene rings is 1. The Labute approximate surface area is 154 Å². The molecule has 3 aromatic rings. The number of aromatic nitrogens is 4. The number of amides is 1. The number of nitrogens with zero attached hydrogens (tertiary/aromatic N) is 3. The molecule has 0 fully saturated rings. The van der Waals surface area contributed by atoms with Crippen molar-refractivity contribution in [1.82, 2.24) is 25.5 Å². The van der Waals surface area contributed by atoms with Crippen molar-refractivity contribution in [2.45, 2.75) is 11.6 Å². The van der Waals surface area contributed by atoms with Crippen LogP contribution >= 0.6 is 23.4 Å². The highest BCUT2D eigenvalue weighted by Crippen LogP contribution is 2.18. The zero-order valence-electron chi connectivity index (χ0n) is 13.3. The van der Waals surface area contributed by atoms with Crippen molar-refractivity contribution in [2.24, 2.45) is 0 Å². The molecule has 128 valence electrons. The standard InChI is InChI=1S/C17H16ClN5OS/c18-14-3-1-12(2-4-14)5-10-20-15(24)11-25-17-21-16(22-23-17)13-6-8-19-9-7-13/h1-4,6-9H,5,10-11H2,(H,20,24)(H,21,22,23). The van der Waals surface area contributed by atoms with Gasteiger partial charge in [-0.1, -0.05) is 35.5 Å². The van der Waals surface area contributed by atoms with Crippen LogP contribution in [0.4, 0.5) is 0 Å². The number of thioether (sulfide) groups is 1. The van der Waals surface area contributed by atoms with Gasteiger partial charge < -0.3 is 5.32 Å². The summed E-state index contributed by atoms with van der Waals surface area (Å²) in [6.45, 7) is 0.581. The molecule has 0 radical (unpaired) electrons. The van der Waals surface area contributed by atoms with Gasteiger partial charge in [-0.15, -0.1) is 5.10 Å². The maximum Gasteiger partial charge on any atom is 0.230 e. The molecule has 0 saturated heterocycles. The zero-order valence-corrected chi connectivity index (χ0v) is 14.8. The summed E-state index contributed by atoms with van der Waals surface area (Å²) in [7, 11) is 0. The van der Waals surface area contributed by atoms with E-state index in [1.165, 1.54) is 11.8 Å². The molecule has 0 spiro atoms. The molecule has 25 heavy (non-hydrogen) atoms. The summed E-state index contributed by atoms with van der Waals surface area (Å²) in [6.07, 6.45) is 4.15. The van der Waals surface area contributed by atoms with Crippen LogP contribution in [0.2, 0.25) is 5.02 Å². The van der Waals surface area contributed by atoms with Crippen LogP contribution in [-0.4, -0.2) is 38.4 Å². The first-order valence-electron chi connectivity index (χ1n) is 7.67. The zero-order chi connectivity index (χ0) is 17.5. The molecular weight excluding hydrogens is 358 g/mol. The van der Waals surface area contributed by atoms with Gasteiger partial charge in [-0.2, -0.15) is 0 Å². The molecular formula is C17H16ClN5OS. The van der Waals surface area contributed by atoms with Crippen molar-refractivity contribution in [3.8, 4) is 11.4 Å². The van der Waals surface area contributed by atoms with Crippen LogP contribution in [0.1, 0.15) is 5.56 Å². The van der Waals surface area contributed by atoms with Gasteiger partial charge >= 0.3 is 0 Å². The number of hydrogen-bond acceptors (Lipinski definition) is 5. The molecule has 3 rings (SSSR count). The van der Waals surface area contributed by atoms with Crippen LogP contribution in [0.25, 0.3) is 11.4 Å². The lowest BCUT2D eigenvalue weighted by molar-refractivity contribution is -0.118. The van der Waals surface area contributed by atoms with Gasteiger partial charge in [-0.05, 0) is 36.2 Å². The topological polar surface area (TPSA) is 83.6 Å². The minimum Gasteiger partial charge on any atom is -0.355 e. The molecule has 0 aliphatic rings. The molecule has 8 heteroatoms. The molecule has 1 aromatic carbocycles. The van der Waals surface area contributed by atoms with E-state index in [-0.39, 0.29) is 11.7 Å². The summed E-state index contributed by atoms with van der Waals surface area (Å²) < 4.78 is 0. The Hall–Kier alpha value is -2.38. The summed E-state index contributed by atoms with van der Waals surface area (Å²) >= 11 is 7.14. The third-order valence-electron chi connectivity index (χ3n) is 3.40. The van der Waals surface area contributed by atoms with Crippen molar-refractivity contribution in [3.63, 3.8) is 0 Å². The SMILES string of the molecule is O=C(CSc1n[nH]c(-c2ccncc2)n1)NCCc1ccc(Cl)cc1. The third kappa shape index (κ3) is 5.30. The number of aromatic amines is 1. The molecule has 2 heterocycles. The first kappa shape index (κ1) is 17.4. The molecule has 0 aliphatic heterocycles. The molecule has 0 atom stereocenters. The Kier molecular flexibility index (Phi) is 6.03. The van der Waals surface area contributed by atoms with Gasteiger partial charge in [0.2, 0.25) is 11.1 Å². The quantitative estimate of drug-likeness (QED) is 0.622. The summed E-state index contributed by atoms with van der Waals surface area (Å²) in [4.78, 5) is 20.2. The largest absolute Gasteiger partial charge is 0.355 e. The molecule has 1 amide bonds. The lowest BCUT2D eigenvalue weighted by Gasteiger charge is -2.04. The third-order valence-corrected chi connectivity index (χ3v) is 4.50. The number of nitrogens with one attached hydrogen (secondary N) is 2. The fourth-order valence-electron chi connectivity index (χ4n) is 2.13. The summed E-state index contributed by atoms with van der Waals surface area (Å²) in [5, 5.41) is 11.1. The Morgan fingerprint density at radius 1 is 1.16 bits per heavy atom. The second-order valence-corrected chi connectivity index (χ2v) is 6.60. The van der Waals surface area contributed by atoms with Gasteiger partial charge in [0.1, 0.15) is 0 Å². The van der Waals surface area contributed by atoms with E-state index >= 15 is 0 Å². The van der Waals surface area contributed by atoms with Gasteiger partial charge in [0, 0.05) is 29.5 Å². The first-order chi connectivity index (χ1) is 12.2. The number of halogens is 1. The summed E-state index contributed by atoms with van der Waals surface area (Å²) in [5.41, 5.74) is 2.04. The Morgan fingerprint density at radius 3 is 2.68 bits per heavy atom. The van der Waals surface area contributed by atoms with Gasteiger partial charge in [-0.3, -0.25) is 14.9 Å². The average molecular weight is 374 g/mol. The molecule has 6 nitrogen and oxygen atoms in total. The maximum absolute atomic E-state index is 11.9. The van der Waals surface area contributed by atoms with Crippen LogP contribution < -0.4 is 5.32 Å². The molecule has 0 aliphatic carbocycles. The van der Waals surface area contributed by atoms with Crippen molar-refractivity contribution < 1.29 is 4.79 Å². The van der Waals surface area contributed by atoms with Crippen molar-refractivity contribution >= 4 is 29.3 Å². The first-order valence-corrected chi connectivity index (χ1v) is 9.04. The van der Waals surface area contributed by atoms with E-state index in [1.807, 2.05) is 36.4 Å². The van der Waals surface area contributed by atoms with E-state index in [2.05, 4.69) is 25.5 Å². The minimum atomic E-state index is -0.0470. The molecule has 0 saturated carbocycles. The van der Waals surface area contributed by atoms with Crippen LogP contribution in [-0.2, 0) is 11.2 Å². The highest BCUT2D eigenvalue weighted by Gasteiger charge is 2.08. The van der Waals surface area contributed by atoms with E-state index in [1.54, 1.807) is 12.4 Å². The molecule has 0 bridgehead atoms. The number of pyridine rings is 1. The van der Waals surface area contributed by atoms with Crippen LogP contribution in [0, 0.1) is 0 Å². The second-order valence-electron chi connectivity index (χ2n) is 5.22. The van der Waals surface area contributed by atoms with E-state index < -0.39 is 0 Å². The minimum absolute atomic E-state index is 0.0470. The van der Waals surface area contributed by atoms with E-state index in [0.29, 0.717) is 22.5 Å². The number of rotatable bonds is 7. The fourth-order valence-corrected chi connectivity index (χ4v) is 2.88. The monoisotopic (exact) mass is 373 g/mol. The van der Waals surface area contributed by atoms with Gasteiger partial charge in [0.25, 0.3) is 0 Å². The number of hydrogen-bond donors (Lipinski definition) is 2. The smallest absolute Gasteiger partial charge is 0.230 e.